The number of hydrogen-bond acceptors (Lipinski definition) is 4. The molecule has 7 heteroatoms. The lowest BCUT2D eigenvalue weighted by molar-refractivity contribution is -0.121. The van der Waals surface area contributed by atoms with Gasteiger partial charge in [-0.1, -0.05) is 30.3 Å². The van der Waals surface area contributed by atoms with Gasteiger partial charge < -0.3 is 15.0 Å². The first-order chi connectivity index (χ1) is 15.1. The van der Waals surface area contributed by atoms with Crippen molar-refractivity contribution in [3.8, 4) is 16.2 Å². The summed E-state index contributed by atoms with van der Waals surface area (Å²) in [6.45, 7) is 1.02. The highest BCUT2D eigenvalue weighted by atomic mass is 32.1. The van der Waals surface area contributed by atoms with Gasteiger partial charge in [-0.05, 0) is 43.2 Å². The highest BCUT2D eigenvalue weighted by Crippen LogP contribution is 2.32. The van der Waals surface area contributed by atoms with Gasteiger partial charge in [-0.2, -0.15) is 0 Å². The Labute approximate surface area is 184 Å². The van der Waals surface area contributed by atoms with Gasteiger partial charge in [-0.25, -0.2) is 4.39 Å². The maximum absolute atomic E-state index is 14.0. The van der Waals surface area contributed by atoms with Crippen LogP contribution in [0.1, 0.15) is 22.5 Å². The molecule has 4 rings (SSSR count). The molecule has 1 saturated heterocycles. The Morgan fingerprint density at radius 1 is 1.03 bits per heavy atom. The van der Waals surface area contributed by atoms with Crippen molar-refractivity contribution < 1.29 is 18.7 Å². The van der Waals surface area contributed by atoms with Crippen molar-refractivity contribution in [3.63, 3.8) is 0 Å². The number of benzene rings is 2. The number of rotatable bonds is 5. The van der Waals surface area contributed by atoms with E-state index in [0.29, 0.717) is 47.8 Å². The number of nitrogens with zero attached hydrogens (tertiary/aromatic N) is 1. The molecule has 0 saturated carbocycles. The molecule has 1 aliphatic heterocycles. The predicted molar refractivity (Wildman–Crippen MR) is 120 cm³/mol. The number of piperidine rings is 1. The molecule has 2 aromatic carbocycles. The van der Waals surface area contributed by atoms with E-state index in [1.165, 1.54) is 17.4 Å². The molecular weight excluding hydrogens is 415 g/mol. The minimum Gasteiger partial charge on any atom is -0.495 e. The molecule has 1 aliphatic rings. The van der Waals surface area contributed by atoms with Gasteiger partial charge in [0, 0.05) is 29.4 Å². The van der Waals surface area contributed by atoms with Crippen LogP contribution in [0.4, 0.5) is 10.1 Å². The summed E-state index contributed by atoms with van der Waals surface area (Å²) in [5, 5.41) is 2.93. The van der Waals surface area contributed by atoms with Crippen LogP contribution in [0, 0.1) is 11.7 Å². The average molecular weight is 439 g/mol. The van der Waals surface area contributed by atoms with Crippen molar-refractivity contribution in [1.82, 2.24) is 4.90 Å². The van der Waals surface area contributed by atoms with Crippen LogP contribution in [0.5, 0.6) is 5.75 Å². The average Bonchev–Trinajstić information content (AvgIpc) is 3.29. The van der Waals surface area contributed by atoms with Crippen LogP contribution < -0.4 is 10.1 Å². The number of nitrogens with one attached hydrogen (secondary N) is 1. The van der Waals surface area contributed by atoms with E-state index in [-0.39, 0.29) is 23.5 Å². The molecule has 0 spiro atoms. The summed E-state index contributed by atoms with van der Waals surface area (Å²) in [5.74, 6) is 0.0223. The van der Waals surface area contributed by atoms with Crippen molar-refractivity contribution in [3.05, 3.63) is 71.4 Å². The van der Waals surface area contributed by atoms with E-state index in [2.05, 4.69) is 5.32 Å². The normalized spacial score (nSPS) is 14.3. The standard InChI is InChI=1S/C24H23FN2O3S/c1-30-20-9-5-4-8-19(20)26-23(28)16-12-14-27(15-13-16)24(29)22-11-10-21(31-22)17-6-2-3-7-18(17)25/h2-11,16H,12-15H2,1H3,(H,26,28). The van der Waals surface area contributed by atoms with Crippen molar-refractivity contribution in [2.45, 2.75) is 12.8 Å². The first kappa shape index (κ1) is 21.1. The lowest BCUT2D eigenvalue weighted by atomic mass is 9.95. The summed E-state index contributed by atoms with van der Waals surface area (Å²) in [4.78, 5) is 28.7. The Morgan fingerprint density at radius 2 is 1.74 bits per heavy atom. The van der Waals surface area contributed by atoms with Gasteiger partial charge in [0.2, 0.25) is 5.91 Å². The number of anilines is 1. The van der Waals surface area contributed by atoms with E-state index in [0.717, 1.165) is 4.88 Å². The third-order valence-corrected chi connectivity index (χ3v) is 6.58. The molecule has 0 bridgehead atoms. The highest BCUT2D eigenvalue weighted by molar-refractivity contribution is 7.17. The lowest BCUT2D eigenvalue weighted by Gasteiger charge is -2.31. The number of amides is 2. The first-order valence-electron chi connectivity index (χ1n) is 10.1. The number of carbonyl (C=O) groups excluding carboxylic acids is 2. The van der Waals surface area contributed by atoms with E-state index in [4.69, 9.17) is 4.74 Å². The Balaban J connectivity index is 1.36. The first-order valence-corrected chi connectivity index (χ1v) is 11.0. The fourth-order valence-corrected chi connectivity index (χ4v) is 4.74. The number of para-hydroxylation sites is 2. The zero-order chi connectivity index (χ0) is 21.8. The minimum atomic E-state index is -0.301. The van der Waals surface area contributed by atoms with Crippen molar-refractivity contribution in [1.29, 1.82) is 0 Å². The number of hydrogen-bond donors (Lipinski definition) is 1. The molecular formula is C24H23FN2O3S. The molecule has 1 aromatic heterocycles. The molecule has 0 unspecified atom stereocenters. The molecule has 31 heavy (non-hydrogen) atoms. The van der Waals surface area contributed by atoms with Crippen LogP contribution in [-0.2, 0) is 4.79 Å². The Hall–Kier alpha value is -3.19. The van der Waals surface area contributed by atoms with E-state index in [9.17, 15) is 14.0 Å². The Bertz CT molecular complexity index is 1090. The van der Waals surface area contributed by atoms with Crippen LogP contribution in [0.3, 0.4) is 0 Å². The van der Waals surface area contributed by atoms with Crippen LogP contribution in [0.25, 0.3) is 10.4 Å². The SMILES string of the molecule is COc1ccccc1NC(=O)C1CCN(C(=O)c2ccc(-c3ccccc3F)s2)CC1. The van der Waals surface area contributed by atoms with E-state index >= 15 is 0 Å². The second kappa shape index (κ2) is 9.31. The van der Waals surface area contributed by atoms with Crippen molar-refractivity contribution in [2.24, 2.45) is 5.92 Å². The number of thiophene rings is 1. The molecule has 160 valence electrons. The smallest absolute Gasteiger partial charge is 0.263 e. The topological polar surface area (TPSA) is 58.6 Å². The zero-order valence-corrected chi connectivity index (χ0v) is 18.0. The van der Waals surface area contributed by atoms with Gasteiger partial charge in [0.25, 0.3) is 5.91 Å². The molecule has 5 nitrogen and oxygen atoms in total. The quantitative estimate of drug-likeness (QED) is 0.606. The molecule has 2 amide bonds. The number of likely N-dealkylation sites (tertiary alicyclic amines) is 1. The van der Waals surface area contributed by atoms with E-state index in [1.807, 2.05) is 12.1 Å². The number of methoxy groups -OCH3 is 1. The third-order valence-electron chi connectivity index (χ3n) is 5.47. The van der Waals surface area contributed by atoms with Crippen molar-refractivity contribution >= 4 is 28.8 Å². The summed E-state index contributed by atoms with van der Waals surface area (Å²) >= 11 is 1.29. The number of halogens is 1. The summed E-state index contributed by atoms with van der Waals surface area (Å²) in [7, 11) is 1.57. The van der Waals surface area contributed by atoms with Crippen LogP contribution in [-0.4, -0.2) is 36.9 Å². The monoisotopic (exact) mass is 438 g/mol. The molecule has 0 atom stereocenters. The molecule has 1 N–H and O–H groups in total. The zero-order valence-electron chi connectivity index (χ0n) is 17.1. The Morgan fingerprint density at radius 3 is 2.48 bits per heavy atom. The second-order valence-electron chi connectivity index (χ2n) is 7.40. The molecule has 0 radical (unpaired) electrons. The molecule has 3 aromatic rings. The van der Waals surface area contributed by atoms with Crippen LogP contribution >= 0.6 is 11.3 Å². The van der Waals surface area contributed by atoms with E-state index < -0.39 is 0 Å². The predicted octanol–water partition coefficient (Wildman–Crippen LogP) is 5.05. The lowest BCUT2D eigenvalue weighted by Crippen LogP contribution is -2.41. The van der Waals surface area contributed by atoms with Crippen LogP contribution in [0.15, 0.2) is 60.7 Å². The van der Waals surface area contributed by atoms with Gasteiger partial charge in [0.1, 0.15) is 11.6 Å². The molecule has 2 heterocycles. The molecule has 1 fully saturated rings. The summed E-state index contributed by atoms with van der Waals surface area (Å²) in [6, 6.07) is 17.4. The van der Waals surface area contributed by atoms with E-state index in [1.54, 1.807) is 54.5 Å². The minimum absolute atomic E-state index is 0.0606. The maximum Gasteiger partial charge on any atom is 0.263 e. The van der Waals surface area contributed by atoms with Gasteiger partial charge in [-0.15, -0.1) is 11.3 Å². The number of carbonyl (C=O) groups is 2. The fraction of sp³-hybridized carbons (Fsp3) is 0.250. The summed E-state index contributed by atoms with van der Waals surface area (Å²) in [6.07, 6.45) is 1.19. The fourth-order valence-electron chi connectivity index (χ4n) is 3.74. The largest absolute Gasteiger partial charge is 0.495 e. The Kier molecular flexibility index (Phi) is 6.32. The van der Waals surface area contributed by atoms with Crippen LogP contribution in [0.2, 0.25) is 0 Å². The van der Waals surface area contributed by atoms with Gasteiger partial charge >= 0.3 is 0 Å². The van der Waals surface area contributed by atoms with Gasteiger partial charge in [-0.3, -0.25) is 9.59 Å². The van der Waals surface area contributed by atoms with Gasteiger partial charge in [0.15, 0.2) is 0 Å². The summed E-state index contributed by atoms with van der Waals surface area (Å²) < 4.78 is 19.3. The molecule has 0 aliphatic carbocycles. The number of ether oxygens (including phenoxy) is 1. The van der Waals surface area contributed by atoms with Crippen molar-refractivity contribution in [2.75, 3.05) is 25.5 Å². The summed E-state index contributed by atoms with van der Waals surface area (Å²) in [5.41, 5.74) is 1.14. The van der Waals surface area contributed by atoms with Gasteiger partial charge in [0.05, 0.1) is 17.7 Å². The maximum atomic E-state index is 14.0. The second-order valence-corrected chi connectivity index (χ2v) is 8.48. The third kappa shape index (κ3) is 4.61. The highest BCUT2D eigenvalue weighted by Gasteiger charge is 2.29.